The van der Waals surface area contributed by atoms with Crippen LogP contribution in [0.15, 0.2) is 72.8 Å². The monoisotopic (exact) mass is 579 g/mol. The van der Waals surface area contributed by atoms with E-state index in [-0.39, 0.29) is 25.0 Å². The number of aliphatic carboxylic acids is 1. The largest absolute Gasteiger partial charge is 0.481 e. The van der Waals surface area contributed by atoms with Crippen LogP contribution in [0.25, 0.3) is 5.57 Å². The molecule has 1 aliphatic rings. The second-order valence-corrected chi connectivity index (χ2v) is 10.7. The third kappa shape index (κ3) is 7.87. The molecule has 0 fully saturated rings. The molecule has 0 aliphatic heterocycles. The van der Waals surface area contributed by atoms with Gasteiger partial charge in [0.2, 0.25) is 0 Å². The van der Waals surface area contributed by atoms with Gasteiger partial charge >= 0.3 is 12.0 Å². The number of anilines is 2. The van der Waals surface area contributed by atoms with Gasteiger partial charge in [0.05, 0.1) is 12.5 Å². The van der Waals surface area contributed by atoms with E-state index in [2.05, 4.69) is 16.7 Å². The van der Waals surface area contributed by atoms with Crippen LogP contribution in [-0.4, -0.2) is 29.6 Å². The Balaban J connectivity index is 1.54. The van der Waals surface area contributed by atoms with E-state index < -0.39 is 11.9 Å². The topological polar surface area (TPSA) is 98.7 Å². The SMILES string of the molecule is C[C@H](CNC(=O)c1ccc(CN(C(=O)Nc2cc(Cl)cc(Cl)c2)c2ccc(C3=CCCCC3)cc2)cc1)C(=O)O. The number of urea groups is 1. The van der Waals surface area contributed by atoms with E-state index >= 15 is 0 Å². The number of carbonyl (C=O) groups excluding carboxylic acids is 2. The molecular formula is C31H31Cl2N3O4. The summed E-state index contributed by atoms with van der Waals surface area (Å²) in [6, 6.07) is 19.3. The first-order valence-electron chi connectivity index (χ1n) is 13.1. The Morgan fingerprint density at radius 2 is 1.62 bits per heavy atom. The lowest BCUT2D eigenvalue weighted by atomic mass is 9.93. The van der Waals surface area contributed by atoms with Gasteiger partial charge < -0.3 is 15.7 Å². The van der Waals surface area contributed by atoms with Gasteiger partial charge in [0.15, 0.2) is 0 Å². The highest BCUT2D eigenvalue weighted by Crippen LogP contribution is 2.29. The lowest BCUT2D eigenvalue weighted by Gasteiger charge is -2.24. The molecule has 0 saturated heterocycles. The molecular weight excluding hydrogens is 549 g/mol. The molecule has 1 atom stereocenters. The summed E-state index contributed by atoms with van der Waals surface area (Å²) in [5.41, 5.74) is 4.85. The first kappa shape index (κ1) is 29.2. The molecule has 9 heteroatoms. The highest BCUT2D eigenvalue weighted by atomic mass is 35.5. The molecule has 3 N–H and O–H groups in total. The maximum absolute atomic E-state index is 13.5. The first-order chi connectivity index (χ1) is 19.2. The molecule has 1 aliphatic carbocycles. The molecule has 0 unspecified atom stereocenters. The van der Waals surface area contributed by atoms with Crippen molar-refractivity contribution in [2.75, 3.05) is 16.8 Å². The van der Waals surface area contributed by atoms with Crippen molar-refractivity contribution in [3.8, 4) is 0 Å². The molecule has 208 valence electrons. The van der Waals surface area contributed by atoms with E-state index in [1.165, 1.54) is 25.3 Å². The van der Waals surface area contributed by atoms with Crippen LogP contribution in [0, 0.1) is 5.92 Å². The van der Waals surface area contributed by atoms with Crippen molar-refractivity contribution in [1.29, 1.82) is 0 Å². The summed E-state index contributed by atoms with van der Waals surface area (Å²) >= 11 is 12.3. The predicted molar refractivity (Wildman–Crippen MR) is 160 cm³/mol. The fourth-order valence-electron chi connectivity index (χ4n) is 4.43. The maximum atomic E-state index is 13.5. The summed E-state index contributed by atoms with van der Waals surface area (Å²) < 4.78 is 0. The van der Waals surface area contributed by atoms with Gasteiger partial charge in [-0.2, -0.15) is 0 Å². The third-order valence-electron chi connectivity index (χ3n) is 6.75. The van der Waals surface area contributed by atoms with E-state index in [4.69, 9.17) is 28.3 Å². The molecule has 0 spiro atoms. The maximum Gasteiger partial charge on any atom is 0.326 e. The van der Waals surface area contributed by atoms with E-state index in [9.17, 15) is 14.4 Å². The third-order valence-corrected chi connectivity index (χ3v) is 7.18. The minimum Gasteiger partial charge on any atom is -0.481 e. The zero-order valence-electron chi connectivity index (χ0n) is 22.1. The number of allylic oxidation sites excluding steroid dienone is 2. The van der Waals surface area contributed by atoms with Crippen LogP contribution in [0.3, 0.4) is 0 Å². The molecule has 0 aromatic heterocycles. The minimum atomic E-state index is -0.974. The predicted octanol–water partition coefficient (Wildman–Crippen LogP) is 7.64. The fraction of sp³-hybridized carbons (Fsp3) is 0.258. The Morgan fingerprint density at radius 1 is 0.950 bits per heavy atom. The van der Waals surface area contributed by atoms with E-state index in [1.54, 1.807) is 47.4 Å². The number of rotatable bonds is 9. The molecule has 0 radical (unpaired) electrons. The number of nitrogens with one attached hydrogen (secondary N) is 2. The van der Waals surface area contributed by atoms with Crippen molar-refractivity contribution in [2.45, 2.75) is 39.2 Å². The Kier molecular flexibility index (Phi) is 9.85. The Hall–Kier alpha value is -3.81. The van der Waals surface area contributed by atoms with Crippen molar-refractivity contribution in [2.24, 2.45) is 5.92 Å². The van der Waals surface area contributed by atoms with Crippen LogP contribution in [-0.2, 0) is 11.3 Å². The highest BCUT2D eigenvalue weighted by Gasteiger charge is 2.19. The van der Waals surface area contributed by atoms with Gasteiger partial charge in [-0.15, -0.1) is 0 Å². The quantitative estimate of drug-likeness (QED) is 0.242. The standard InChI is InChI=1S/C31H31Cl2N3O4/c1-20(30(38)39)18-34-29(37)24-9-7-21(8-10-24)19-36(31(40)35-27-16-25(32)15-26(33)17-27)28-13-11-23(12-14-28)22-5-3-2-4-6-22/h5,7-17,20H,2-4,6,18-19H2,1H3,(H,34,37)(H,35,40)(H,38,39)/t20-/m1/s1. The number of halogens is 2. The normalized spacial score (nSPS) is 13.6. The van der Waals surface area contributed by atoms with Crippen molar-refractivity contribution < 1.29 is 19.5 Å². The van der Waals surface area contributed by atoms with Gasteiger partial charge in [-0.1, -0.05) is 60.5 Å². The summed E-state index contributed by atoms with van der Waals surface area (Å²) in [5.74, 6) is -2.03. The average Bonchev–Trinajstić information content (AvgIpc) is 2.94. The zero-order chi connectivity index (χ0) is 28.6. The van der Waals surface area contributed by atoms with Gasteiger partial charge in [0.25, 0.3) is 5.91 Å². The molecule has 0 saturated carbocycles. The Bertz CT molecular complexity index is 1380. The lowest BCUT2D eigenvalue weighted by Crippen LogP contribution is -2.34. The number of carbonyl (C=O) groups is 3. The molecule has 3 amide bonds. The summed E-state index contributed by atoms with van der Waals surface area (Å²) in [6.07, 6.45) is 6.81. The molecule has 3 aromatic carbocycles. The van der Waals surface area contributed by atoms with Crippen LogP contribution in [0.4, 0.5) is 16.2 Å². The van der Waals surface area contributed by atoms with E-state index in [1.807, 2.05) is 24.3 Å². The van der Waals surface area contributed by atoms with Crippen LogP contribution >= 0.6 is 23.2 Å². The number of amides is 3. The second-order valence-electron chi connectivity index (χ2n) is 9.84. The summed E-state index contributed by atoms with van der Waals surface area (Å²) in [5, 5.41) is 15.4. The summed E-state index contributed by atoms with van der Waals surface area (Å²) in [4.78, 5) is 38.6. The molecule has 0 bridgehead atoms. The first-order valence-corrected chi connectivity index (χ1v) is 13.9. The smallest absolute Gasteiger partial charge is 0.326 e. The van der Waals surface area contributed by atoms with Crippen molar-refractivity contribution >= 4 is 58.1 Å². The van der Waals surface area contributed by atoms with Crippen LogP contribution in [0.2, 0.25) is 10.0 Å². The van der Waals surface area contributed by atoms with E-state index in [0.29, 0.717) is 27.0 Å². The van der Waals surface area contributed by atoms with Crippen LogP contribution < -0.4 is 15.5 Å². The average molecular weight is 581 g/mol. The van der Waals surface area contributed by atoms with Gasteiger partial charge in [-0.25, -0.2) is 4.79 Å². The molecule has 3 aromatic rings. The Labute approximate surface area is 243 Å². The van der Waals surface area contributed by atoms with Crippen molar-refractivity contribution in [3.05, 3.63) is 99.5 Å². The second kappa shape index (κ2) is 13.5. The fourth-order valence-corrected chi connectivity index (χ4v) is 4.96. The van der Waals surface area contributed by atoms with Gasteiger partial charge in [0.1, 0.15) is 0 Å². The van der Waals surface area contributed by atoms with Crippen molar-refractivity contribution in [3.63, 3.8) is 0 Å². The number of hydrogen-bond donors (Lipinski definition) is 3. The molecule has 7 nitrogen and oxygen atoms in total. The van der Waals surface area contributed by atoms with E-state index in [0.717, 1.165) is 24.0 Å². The lowest BCUT2D eigenvalue weighted by molar-refractivity contribution is -0.140. The highest BCUT2D eigenvalue weighted by molar-refractivity contribution is 6.35. The molecule has 40 heavy (non-hydrogen) atoms. The summed E-state index contributed by atoms with van der Waals surface area (Å²) in [6.45, 7) is 1.80. The number of nitrogens with zero attached hydrogens (tertiary/aromatic N) is 1. The number of carboxylic acids is 1. The minimum absolute atomic E-state index is 0.0320. The van der Waals surface area contributed by atoms with Crippen molar-refractivity contribution in [1.82, 2.24) is 5.32 Å². The van der Waals surface area contributed by atoms with Crippen LogP contribution in [0.1, 0.15) is 54.1 Å². The van der Waals surface area contributed by atoms with Gasteiger partial charge in [0, 0.05) is 33.5 Å². The number of hydrogen-bond acceptors (Lipinski definition) is 3. The number of benzene rings is 3. The molecule has 0 heterocycles. The number of carboxylic acid groups (broad SMARTS) is 1. The summed E-state index contributed by atoms with van der Waals surface area (Å²) in [7, 11) is 0. The zero-order valence-corrected chi connectivity index (χ0v) is 23.6. The van der Waals surface area contributed by atoms with Gasteiger partial charge in [-0.3, -0.25) is 14.5 Å². The Morgan fingerprint density at radius 3 is 2.23 bits per heavy atom. The molecule has 4 rings (SSSR count). The van der Waals surface area contributed by atoms with Crippen LogP contribution in [0.5, 0.6) is 0 Å². The van der Waals surface area contributed by atoms with Gasteiger partial charge in [-0.05, 0) is 84.8 Å².